The Kier molecular flexibility index (Phi) is 3.68. The number of nitrogens with one attached hydrogen (secondary N) is 1. The molecule has 3 saturated heterocycles. The van der Waals surface area contributed by atoms with Crippen LogP contribution < -0.4 is 0 Å². The summed E-state index contributed by atoms with van der Waals surface area (Å²) in [5.41, 5.74) is -3.34. The Morgan fingerprint density at radius 3 is 2.23 bits per heavy atom. The van der Waals surface area contributed by atoms with Crippen molar-refractivity contribution >= 4 is 5.90 Å². The number of hydrogen-bond acceptors (Lipinski definition) is 6. The summed E-state index contributed by atoms with van der Waals surface area (Å²) in [5.74, 6) is -2.26. The molecule has 3 rings (SSSR count). The molecule has 22 heavy (non-hydrogen) atoms. The predicted octanol–water partition coefficient (Wildman–Crippen LogP) is 2.72. The van der Waals surface area contributed by atoms with Crippen molar-refractivity contribution in [1.29, 1.82) is 21.2 Å². The average molecular weight is 300 g/mol. The summed E-state index contributed by atoms with van der Waals surface area (Å²) >= 11 is 0. The smallest absolute Gasteiger partial charge is 0.215 e. The molecule has 3 fully saturated rings. The highest BCUT2D eigenvalue weighted by molar-refractivity contribution is 5.88. The quantitative estimate of drug-likeness (QED) is 0.860. The van der Waals surface area contributed by atoms with Gasteiger partial charge in [-0.15, -0.1) is 0 Å². The molecule has 116 valence electrons. The maximum atomic E-state index is 9.87. The van der Waals surface area contributed by atoms with Crippen molar-refractivity contribution in [3.05, 3.63) is 0 Å². The maximum Gasteiger partial charge on any atom is 0.215 e. The number of ether oxygens (including phenoxy) is 2. The van der Waals surface area contributed by atoms with E-state index in [-0.39, 0.29) is 11.8 Å². The second-order valence-electron chi connectivity index (χ2n) is 6.52. The SMILES string of the molecule is CCC[C@@H]1C(C#N)(C#N)[C@@]2(C#N)C(=N)O[C@@]1(C)O[C@H]2C(C)C. The Bertz CT molecular complexity index is 610. The molecule has 1 N–H and O–H groups in total. The van der Waals surface area contributed by atoms with E-state index in [1.807, 2.05) is 20.8 Å². The Morgan fingerprint density at radius 2 is 1.82 bits per heavy atom. The van der Waals surface area contributed by atoms with Crippen molar-refractivity contribution in [3.63, 3.8) is 0 Å². The highest BCUT2D eigenvalue weighted by Gasteiger charge is 2.78. The molecule has 6 heteroatoms. The second kappa shape index (κ2) is 4.97. The van der Waals surface area contributed by atoms with Crippen LogP contribution >= 0.6 is 0 Å². The highest BCUT2D eigenvalue weighted by Crippen LogP contribution is 2.64. The molecule has 3 aliphatic heterocycles. The van der Waals surface area contributed by atoms with Gasteiger partial charge in [0.2, 0.25) is 11.7 Å². The molecular formula is C16H20N4O2. The summed E-state index contributed by atoms with van der Waals surface area (Å²) in [4.78, 5) is 0. The van der Waals surface area contributed by atoms with Gasteiger partial charge in [0.1, 0.15) is 0 Å². The monoisotopic (exact) mass is 300 g/mol. The van der Waals surface area contributed by atoms with Crippen LogP contribution in [0.2, 0.25) is 0 Å². The summed E-state index contributed by atoms with van der Waals surface area (Å²) in [5, 5.41) is 37.8. The first kappa shape index (κ1) is 16.3. The number of rotatable bonds is 3. The Labute approximate surface area is 130 Å². The minimum atomic E-state index is -1.69. The number of hydrogen-bond donors (Lipinski definition) is 1. The molecule has 0 saturated carbocycles. The molecule has 0 aliphatic carbocycles. The van der Waals surface area contributed by atoms with Crippen LogP contribution in [0, 0.1) is 62.1 Å². The molecule has 3 heterocycles. The second-order valence-corrected chi connectivity index (χ2v) is 6.52. The molecule has 2 bridgehead atoms. The summed E-state index contributed by atoms with van der Waals surface area (Å²) in [6.45, 7) is 7.32. The van der Waals surface area contributed by atoms with Gasteiger partial charge in [0.05, 0.1) is 30.2 Å². The largest absolute Gasteiger partial charge is 0.448 e. The van der Waals surface area contributed by atoms with Crippen LogP contribution in [0.1, 0.15) is 40.5 Å². The Morgan fingerprint density at radius 1 is 1.23 bits per heavy atom. The van der Waals surface area contributed by atoms with Gasteiger partial charge < -0.3 is 9.47 Å². The van der Waals surface area contributed by atoms with Gasteiger partial charge in [-0.25, -0.2) is 0 Å². The number of fused-ring (bicyclic) bond motifs is 3. The van der Waals surface area contributed by atoms with Gasteiger partial charge in [0.15, 0.2) is 10.8 Å². The molecular weight excluding hydrogens is 280 g/mol. The van der Waals surface area contributed by atoms with Crippen molar-refractivity contribution in [2.75, 3.05) is 0 Å². The highest BCUT2D eigenvalue weighted by atomic mass is 16.7. The zero-order valence-corrected chi connectivity index (χ0v) is 13.3. The van der Waals surface area contributed by atoms with Gasteiger partial charge >= 0.3 is 0 Å². The van der Waals surface area contributed by atoms with Crippen LogP contribution in [0.15, 0.2) is 0 Å². The third-order valence-electron chi connectivity index (χ3n) is 4.94. The van der Waals surface area contributed by atoms with E-state index < -0.39 is 28.6 Å². The summed E-state index contributed by atoms with van der Waals surface area (Å²) in [6, 6.07) is 6.23. The minimum Gasteiger partial charge on any atom is -0.448 e. The lowest BCUT2D eigenvalue weighted by molar-refractivity contribution is -0.347. The van der Waals surface area contributed by atoms with Crippen molar-refractivity contribution < 1.29 is 9.47 Å². The predicted molar refractivity (Wildman–Crippen MR) is 77.0 cm³/mol. The van der Waals surface area contributed by atoms with Gasteiger partial charge in [-0.2, -0.15) is 15.8 Å². The fourth-order valence-corrected chi connectivity index (χ4v) is 3.96. The van der Waals surface area contributed by atoms with E-state index in [4.69, 9.17) is 14.9 Å². The Balaban J connectivity index is 2.81. The molecule has 0 aromatic heterocycles. The van der Waals surface area contributed by atoms with E-state index >= 15 is 0 Å². The van der Waals surface area contributed by atoms with E-state index in [2.05, 4.69) is 18.2 Å². The minimum absolute atomic E-state index is 0.133. The van der Waals surface area contributed by atoms with Gasteiger partial charge in [0, 0.05) is 6.92 Å². The zero-order chi connectivity index (χ0) is 16.8. The summed E-state index contributed by atoms with van der Waals surface area (Å²) < 4.78 is 11.6. The van der Waals surface area contributed by atoms with Gasteiger partial charge in [0.25, 0.3) is 0 Å². The number of nitrogens with zero attached hydrogens (tertiary/aromatic N) is 3. The van der Waals surface area contributed by atoms with Crippen LogP contribution in [-0.4, -0.2) is 17.8 Å². The van der Waals surface area contributed by atoms with Gasteiger partial charge in [-0.05, 0) is 12.3 Å². The van der Waals surface area contributed by atoms with Crippen LogP contribution in [0.5, 0.6) is 0 Å². The molecule has 3 aliphatic rings. The maximum absolute atomic E-state index is 9.87. The molecule has 0 spiro atoms. The lowest BCUT2D eigenvalue weighted by Gasteiger charge is -2.62. The third-order valence-corrected chi connectivity index (χ3v) is 4.94. The molecule has 0 aromatic rings. The molecule has 0 unspecified atom stereocenters. The van der Waals surface area contributed by atoms with Crippen molar-refractivity contribution in [2.24, 2.45) is 22.7 Å². The van der Waals surface area contributed by atoms with E-state index in [9.17, 15) is 15.8 Å². The summed E-state index contributed by atoms with van der Waals surface area (Å²) in [6.07, 6.45) is 0.509. The molecule has 4 atom stereocenters. The van der Waals surface area contributed by atoms with Crippen LogP contribution in [-0.2, 0) is 9.47 Å². The average Bonchev–Trinajstić information content (AvgIpc) is 2.48. The van der Waals surface area contributed by atoms with E-state index in [0.29, 0.717) is 6.42 Å². The van der Waals surface area contributed by atoms with Crippen molar-refractivity contribution in [3.8, 4) is 18.2 Å². The lowest BCUT2D eigenvalue weighted by atomic mass is 9.49. The van der Waals surface area contributed by atoms with E-state index in [0.717, 1.165) is 6.42 Å². The van der Waals surface area contributed by atoms with E-state index in [1.165, 1.54) is 0 Å². The van der Waals surface area contributed by atoms with Crippen LogP contribution in [0.4, 0.5) is 0 Å². The number of nitriles is 3. The van der Waals surface area contributed by atoms with Gasteiger partial charge in [-0.3, -0.25) is 5.41 Å². The molecule has 0 radical (unpaired) electrons. The van der Waals surface area contributed by atoms with E-state index in [1.54, 1.807) is 6.92 Å². The molecule has 6 nitrogen and oxygen atoms in total. The normalized spacial score (nSPS) is 38.7. The first-order chi connectivity index (χ1) is 10.3. The third kappa shape index (κ3) is 1.58. The van der Waals surface area contributed by atoms with Gasteiger partial charge in [-0.1, -0.05) is 27.2 Å². The van der Waals surface area contributed by atoms with Crippen LogP contribution in [0.25, 0.3) is 0 Å². The van der Waals surface area contributed by atoms with Crippen molar-refractivity contribution in [2.45, 2.75) is 52.4 Å². The standard InChI is InChI=1S/C16H20N4O2/c1-5-6-11-14(4)21-12(10(2)3)16(9-19,13(20)22-14)15(11,7-17)8-18/h10-12,20H,5-6H2,1-4H3/t11-,12-,14+,16+/m0/s1. The molecule has 0 amide bonds. The topological polar surface area (TPSA) is 114 Å². The molecule has 0 aromatic carbocycles. The first-order valence-corrected chi connectivity index (χ1v) is 7.49. The fourth-order valence-electron chi connectivity index (χ4n) is 3.96. The Hall–Kier alpha value is -2.10. The van der Waals surface area contributed by atoms with Crippen molar-refractivity contribution in [1.82, 2.24) is 0 Å². The fraction of sp³-hybridized carbons (Fsp3) is 0.750. The zero-order valence-electron chi connectivity index (χ0n) is 13.3. The summed E-state index contributed by atoms with van der Waals surface area (Å²) in [7, 11) is 0. The lowest BCUT2D eigenvalue weighted by Crippen LogP contribution is -2.75. The van der Waals surface area contributed by atoms with Crippen LogP contribution in [0.3, 0.4) is 0 Å². The first-order valence-electron chi connectivity index (χ1n) is 7.49.